The van der Waals surface area contributed by atoms with Crippen molar-refractivity contribution in [3.05, 3.63) is 35.9 Å². The van der Waals surface area contributed by atoms with Crippen LogP contribution in [0.25, 0.3) is 0 Å². The first kappa shape index (κ1) is 18.9. The Morgan fingerprint density at radius 1 is 1.07 bits per heavy atom. The number of nitrogens with zero attached hydrogens (tertiary/aromatic N) is 2. The second-order valence-electron chi connectivity index (χ2n) is 8.75. The van der Waals surface area contributed by atoms with E-state index in [4.69, 9.17) is 4.74 Å². The van der Waals surface area contributed by atoms with Gasteiger partial charge in [-0.15, -0.1) is 0 Å². The van der Waals surface area contributed by atoms with Crippen LogP contribution in [0.4, 0.5) is 0 Å². The number of amides is 1. The quantitative estimate of drug-likeness (QED) is 0.882. The van der Waals surface area contributed by atoms with Crippen LogP contribution in [0.5, 0.6) is 0 Å². The van der Waals surface area contributed by atoms with Crippen molar-refractivity contribution in [2.75, 3.05) is 40.3 Å². The Bertz CT molecular complexity index is 661. The SMILES string of the molecule is CO[C@H]1C[C@@H](O)C12CCN(C(=O)C1(c3ccccc3)CCN(C)CC1)CC2. The summed E-state index contributed by atoms with van der Waals surface area (Å²) in [6.07, 6.45) is 3.99. The molecule has 2 atom stereocenters. The molecule has 1 saturated carbocycles. The lowest BCUT2D eigenvalue weighted by Crippen LogP contribution is -2.63. The molecule has 1 aliphatic carbocycles. The summed E-state index contributed by atoms with van der Waals surface area (Å²) in [4.78, 5) is 18.1. The normalized spacial score (nSPS) is 30.1. The molecular weight excluding hydrogens is 340 g/mol. The van der Waals surface area contributed by atoms with Crippen LogP contribution in [0.15, 0.2) is 30.3 Å². The number of benzene rings is 1. The van der Waals surface area contributed by atoms with E-state index in [0.29, 0.717) is 0 Å². The third kappa shape index (κ3) is 3.00. The standard InChI is InChI=1S/C22H32N2O3/c1-23-12-8-21(9-13-23,17-6-4-3-5-7-17)20(26)24-14-10-22(11-15-24)18(25)16-19(22)27-2/h3-7,18-19,25H,8-16H2,1-2H3/t18-,19+/m1/s1. The van der Waals surface area contributed by atoms with E-state index in [-0.39, 0.29) is 23.5 Å². The van der Waals surface area contributed by atoms with Crippen LogP contribution in [0, 0.1) is 5.41 Å². The monoisotopic (exact) mass is 372 g/mol. The predicted molar refractivity (Wildman–Crippen MR) is 105 cm³/mol. The molecule has 27 heavy (non-hydrogen) atoms. The Morgan fingerprint density at radius 3 is 2.26 bits per heavy atom. The average Bonchev–Trinajstić information content (AvgIpc) is 2.73. The van der Waals surface area contributed by atoms with E-state index in [1.54, 1.807) is 7.11 Å². The molecule has 1 aromatic carbocycles. The van der Waals surface area contributed by atoms with Crippen molar-refractivity contribution in [1.82, 2.24) is 9.80 Å². The first-order valence-corrected chi connectivity index (χ1v) is 10.3. The summed E-state index contributed by atoms with van der Waals surface area (Å²) in [7, 11) is 3.87. The number of piperidine rings is 2. The molecule has 2 saturated heterocycles. The number of ether oxygens (including phenoxy) is 1. The second-order valence-corrected chi connectivity index (χ2v) is 8.75. The van der Waals surface area contributed by atoms with E-state index in [1.165, 1.54) is 0 Å². The van der Waals surface area contributed by atoms with Crippen molar-refractivity contribution >= 4 is 5.91 Å². The summed E-state index contributed by atoms with van der Waals surface area (Å²) >= 11 is 0. The molecule has 4 rings (SSSR count). The van der Waals surface area contributed by atoms with Crippen molar-refractivity contribution in [3.8, 4) is 0 Å². The highest BCUT2D eigenvalue weighted by Crippen LogP contribution is 2.51. The van der Waals surface area contributed by atoms with Crippen LogP contribution in [0.2, 0.25) is 0 Å². The number of carbonyl (C=O) groups is 1. The number of hydrogen-bond donors (Lipinski definition) is 1. The minimum Gasteiger partial charge on any atom is -0.392 e. The van der Waals surface area contributed by atoms with Gasteiger partial charge in [0.2, 0.25) is 5.91 Å². The summed E-state index contributed by atoms with van der Waals surface area (Å²) < 4.78 is 5.59. The largest absolute Gasteiger partial charge is 0.392 e. The van der Waals surface area contributed by atoms with Crippen molar-refractivity contribution in [1.29, 1.82) is 0 Å². The van der Waals surface area contributed by atoms with Crippen molar-refractivity contribution in [2.45, 2.75) is 49.7 Å². The van der Waals surface area contributed by atoms with Crippen LogP contribution in [0.1, 0.15) is 37.7 Å². The van der Waals surface area contributed by atoms with Gasteiger partial charge in [-0.1, -0.05) is 30.3 Å². The molecule has 1 aromatic rings. The smallest absolute Gasteiger partial charge is 0.233 e. The van der Waals surface area contributed by atoms with Crippen LogP contribution < -0.4 is 0 Å². The zero-order valence-electron chi connectivity index (χ0n) is 16.6. The summed E-state index contributed by atoms with van der Waals surface area (Å²) in [6.45, 7) is 3.34. The van der Waals surface area contributed by atoms with Gasteiger partial charge in [-0.3, -0.25) is 4.79 Å². The predicted octanol–water partition coefficient (Wildman–Crippen LogP) is 2.04. The zero-order chi connectivity index (χ0) is 19.1. The van der Waals surface area contributed by atoms with Gasteiger partial charge in [0, 0.05) is 32.0 Å². The van der Waals surface area contributed by atoms with E-state index in [9.17, 15) is 9.90 Å². The lowest BCUT2D eigenvalue weighted by atomic mass is 9.58. The summed E-state index contributed by atoms with van der Waals surface area (Å²) in [6, 6.07) is 10.3. The highest BCUT2D eigenvalue weighted by molar-refractivity contribution is 5.88. The summed E-state index contributed by atoms with van der Waals surface area (Å²) in [5.74, 6) is 0.277. The maximum absolute atomic E-state index is 13.7. The van der Waals surface area contributed by atoms with Gasteiger partial charge in [0.25, 0.3) is 0 Å². The van der Waals surface area contributed by atoms with Crippen molar-refractivity contribution in [2.24, 2.45) is 5.41 Å². The van der Waals surface area contributed by atoms with E-state index in [1.807, 2.05) is 18.2 Å². The van der Waals surface area contributed by atoms with E-state index >= 15 is 0 Å². The van der Waals surface area contributed by atoms with Gasteiger partial charge in [-0.25, -0.2) is 0 Å². The number of hydrogen-bond acceptors (Lipinski definition) is 4. The number of likely N-dealkylation sites (tertiary alicyclic amines) is 2. The van der Waals surface area contributed by atoms with Gasteiger partial charge in [0.1, 0.15) is 0 Å². The number of carbonyl (C=O) groups excluding carboxylic acids is 1. The van der Waals surface area contributed by atoms with Gasteiger partial charge < -0.3 is 19.6 Å². The molecule has 3 aliphatic rings. The molecule has 0 aromatic heterocycles. The Labute approximate surface area is 162 Å². The van der Waals surface area contributed by atoms with Crippen LogP contribution in [0.3, 0.4) is 0 Å². The fourth-order valence-electron chi connectivity index (χ4n) is 5.52. The third-order valence-corrected chi connectivity index (χ3v) is 7.58. The van der Waals surface area contributed by atoms with Crippen molar-refractivity contribution in [3.63, 3.8) is 0 Å². The molecule has 1 amide bonds. The molecule has 148 valence electrons. The molecule has 2 aliphatic heterocycles. The topological polar surface area (TPSA) is 53.0 Å². The number of methoxy groups -OCH3 is 1. The molecule has 0 radical (unpaired) electrons. The fourth-order valence-corrected chi connectivity index (χ4v) is 5.52. The first-order valence-electron chi connectivity index (χ1n) is 10.3. The zero-order valence-corrected chi connectivity index (χ0v) is 16.6. The van der Waals surface area contributed by atoms with Crippen molar-refractivity contribution < 1.29 is 14.6 Å². The van der Waals surface area contributed by atoms with E-state index in [0.717, 1.165) is 63.8 Å². The van der Waals surface area contributed by atoms with Crippen LogP contribution in [-0.4, -0.2) is 73.4 Å². The van der Waals surface area contributed by atoms with Gasteiger partial charge in [-0.05, 0) is 51.4 Å². The molecule has 0 unspecified atom stereocenters. The fraction of sp³-hybridized carbons (Fsp3) is 0.682. The third-order valence-electron chi connectivity index (χ3n) is 7.58. The number of rotatable bonds is 3. The van der Waals surface area contributed by atoms with Gasteiger partial charge in [0.15, 0.2) is 0 Å². The van der Waals surface area contributed by atoms with E-state index < -0.39 is 5.41 Å². The Morgan fingerprint density at radius 2 is 1.70 bits per heavy atom. The summed E-state index contributed by atoms with van der Waals surface area (Å²) in [5.41, 5.74) is 0.608. The van der Waals surface area contributed by atoms with Gasteiger partial charge in [0.05, 0.1) is 17.6 Å². The average molecular weight is 373 g/mol. The van der Waals surface area contributed by atoms with Gasteiger partial charge >= 0.3 is 0 Å². The molecule has 3 fully saturated rings. The Kier molecular flexibility index (Phi) is 5.04. The molecule has 5 heteroatoms. The minimum atomic E-state index is -0.406. The maximum Gasteiger partial charge on any atom is 0.233 e. The Balaban J connectivity index is 1.53. The molecule has 1 spiro atoms. The van der Waals surface area contributed by atoms with E-state index in [2.05, 4.69) is 29.0 Å². The highest BCUT2D eigenvalue weighted by Gasteiger charge is 2.57. The maximum atomic E-state index is 13.7. The lowest BCUT2D eigenvalue weighted by Gasteiger charge is -2.57. The number of aliphatic hydroxyl groups excluding tert-OH is 1. The number of aliphatic hydroxyl groups is 1. The second kappa shape index (κ2) is 7.19. The molecular formula is C22H32N2O3. The Hall–Kier alpha value is -1.43. The molecule has 0 bridgehead atoms. The highest BCUT2D eigenvalue weighted by atomic mass is 16.5. The minimum absolute atomic E-state index is 0.135. The summed E-state index contributed by atoms with van der Waals surface area (Å²) in [5, 5.41) is 10.4. The molecule has 1 N–H and O–H groups in total. The molecule has 2 heterocycles. The van der Waals surface area contributed by atoms with Gasteiger partial charge in [-0.2, -0.15) is 0 Å². The lowest BCUT2D eigenvalue weighted by molar-refractivity contribution is -0.203. The molecule has 5 nitrogen and oxygen atoms in total. The first-order chi connectivity index (χ1) is 13.0. The van der Waals surface area contributed by atoms with Crippen LogP contribution >= 0.6 is 0 Å². The van der Waals surface area contributed by atoms with Crippen LogP contribution in [-0.2, 0) is 14.9 Å².